The average Bonchev–Trinajstić information content (AvgIpc) is 2.60. The monoisotopic (exact) mass is 343 g/mol. The van der Waals surface area contributed by atoms with Gasteiger partial charge in [0, 0.05) is 5.02 Å². The molecule has 0 aliphatic carbocycles. The maximum Gasteiger partial charge on any atom is 0.258 e. The van der Waals surface area contributed by atoms with Crippen molar-refractivity contribution in [1.82, 2.24) is 5.32 Å². The first kappa shape index (κ1) is 17.3. The van der Waals surface area contributed by atoms with Crippen LogP contribution in [0.5, 0.6) is 5.75 Å². The van der Waals surface area contributed by atoms with E-state index in [1.54, 1.807) is 48.5 Å². The van der Waals surface area contributed by atoms with E-state index >= 15 is 0 Å². The molecule has 2 aromatic carbocycles. The van der Waals surface area contributed by atoms with Crippen molar-refractivity contribution in [1.29, 1.82) is 5.26 Å². The minimum absolute atomic E-state index is 0.219. The van der Waals surface area contributed by atoms with Gasteiger partial charge in [-0.3, -0.25) is 9.59 Å². The molecule has 0 unspecified atom stereocenters. The fraction of sp³-hybridized carbons (Fsp3) is 0.118. The van der Waals surface area contributed by atoms with Crippen LogP contribution in [0.1, 0.15) is 5.56 Å². The number of nitriles is 1. The van der Waals surface area contributed by atoms with Crippen LogP contribution in [0, 0.1) is 11.3 Å². The highest BCUT2D eigenvalue weighted by molar-refractivity contribution is 6.30. The Labute approximate surface area is 144 Å². The van der Waals surface area contributed by atoms with Gasteiger partial charge in [-0.05, 0) is 36.4 Å². The van der Waals surface area contributed by atoms with Crippen molar-refractivity contribution >= 4 is 29.1 Å². The third-order valence-corrected chi connectivity index (χ3v) is 3.20. The molecule has 0 atom stereocenters. The van der Waals surface area contributed by atoms with Gasteiger partial charge >= 0.3 is 0 Å². The van der Waals surface area contributed by atoms with Gasteiger partial charge in [0.15, 0.2) is 6.61 Å². The van der Waals surface area contributed by atoms with E-state index in [-0.39, 0.29) is 13.2 Å². The second kappa shape index (κ2) is 8.56. The van der Waals surface area contributed by atoms with Crippen molar-refractivity contribution in [3.8, 4) is 11.8 Å². The Morgan fingerprint density at radius 1 is 1.08 bits per heavy atom. The molecule has 2 amide bonds. The van der Waals surface area contributed by atoms with E-state index < -0.39 is 11.8 Å². The lowest BCUT2D eigenvalue weighted by atomic mass is 10.2. The van der Waals surface area contributed by atoms with Crippen LogP contribution in [-0.4, -0.2) is 25.0 Å². The number of carbonyl (C=O) groups is 2. The van der Waals surface area contributed by atoms with Gasteiger partial charge in [0.25, 0.3) is 5.91 Å². The summed E-state index contributed by atoms with van der Waals surface area (Å²) >= 11 is 5.75. The van der Waals surface area contributed by atoms with Crippen LogP contribution in [0.15, 0.2) is 48.5 Å². The van der Waals surface area contributed by atoms with E-state index in [1.807, 2.05) is 6.07 Å². The van der Waals surface area contributed by atoms with Crippen molar-refractivity contribution in [2.75, 3.05) is 18.5 Å². The quantitative estimate of drug-likeness (QED) is 0.842. The standard InChI is InChI=1S/C17H14ClN3O3/c18-13-5-7-14(8-6-13)24-11-17(23)20-10-16(22)21-15-4-2-1-3-12(15)9-19/h1-8H,10-11H2,(H,20,23)(H,21,22). The second-order valence-corrected chi connectivity index (χ2v) is 5.16. The molecule has 0 spiro atoms. The van der Waals surface area contributed by atoms with E-state index in [1.165, 1.54) is 0 Å². The van der Waals surface area contributed by atoms with Crippen LogP contribution < -0.4 is 15.4 Å². The van der Waals surface area contributed by atoms with Gasteiger partial charge in [-0.2, -0.15) is 5.26 Å². The van der Waals surface area contributed by atoms with Crippen LogP contribution >= 0.6 is 11.6 Å². The number of benzene rings is 2. The summed E-state index contributed by atoms with van der Waals surface area (Å²) in [6.45, 7) is -0.438. The number of rotatable bonds is 6. The van der Waals surface area contributed by atoms with Gasteiger partial charge in [-0.1, -0.05) is 23.7 Å². The molecule has 0 bridgehead atoms. The molecular formula is C17H14ClN3O3. The molecule has 0 radical (unpaired) electrons. The number of hydrogen-bond donors (Lipinski definition) is 2. The molecule has 2 N–H and O–H groups in total. The molecule has 0 heterocycles. The van der Waals surface area contributed by atoms with Crippen LogP contribution in [0.25, 0.3) is 0 Å². The molecule has 122 valence electrons. The number of ether oxygens (including phenoxy) is 1. The first-order chi connectivity index (χ1) is 11.6. The highest BCUT2D eigenvalue weighted by atomic mass is 35.5. The molecule has 24 heavy (non-hydrogen) atoms. The summed E-state index contributed by atoms with van der Waals surface area (Å²) in [6, 6.07) is 15.2. The van der Waals surface area contributed by atoms with E-state index in [2.05, 4.69) is 10.6 Å². The number of para-hydroxylation sites is 1. The Hall–Kier alpha value is -3.04. The Kier molecular flexibility index (Phi) is 6.17. The molecule has 2 aromatic rings. The molecule has 0 aromatic heterocycles. The number of anilines is 1. The summed E-state index contributed by atoms with van der Waals surface area (Å²) in [7, 11) is 0. The minimum Gasteiger partial charge on any atom is -0.484 e. The fourth-order valence-electron chi connectivity index (χ4n) is 1.79. The molecular weight excluding hydrogens is 330 g/mol. The molecule has 0 aliphatic rings. The largest absolute Gasteiger partial charge is 0.484 e. The van der Waals surface area contributed by atoms with Gasteiger partial charge in [-0.15, -0.1) is 0 Å². The number of halogens is 1. The molecule has 6 nitrogen and oxygen atoms in total. The summed E-state index contributed by atoms with van der Waals surface area (Å²) in [5.74, 6) is -0.367. The van der Waals surface area contributed by atoms with Gasteiger partial charge in [0.05, 0.1) is 17.8 Å². The minimum atomic E-state index is -0.436. The van der Waals surface area contributed by atoms with E-state index in [0.717, 1.165) is 0 Å². The second-order valence-electron chi connectivity index (χ2n) is 4.72. The first-order valence-electron chi connectivity index (χ1n) is 7.02. The molecule has 0 fully saturated rings. The predicted molar refractivity (Wildman–Crippen MR) is 89.7 cm³/mol. The molecule has 2 rings (SSSR count). The third kappa shape index (κ3) is 5.30. The predicted octanol–water partition coefficient (Wildman–Crippen LogP) is 2.35. The summed E-state index contributed by atoms with van der Waals surface area (Å²) in [5.41, 5.74) is 0.750. The summed E-state index contributed by atoms with van der Waals surface area (Å²) in [5, 5.41) is 14.5. The Balaban J connectivity index is 1.76. The zero-order valence-corrected chi connectivity index (χ0v) is 13.3. The average molecular weight is 344 g/mol. The Morgan fingerprint density at radius 2 is 1.79 bits per heavy atom. The van der Waals surface area contributed by atoms with Crippen molar-refractivity contribution in [3.05, 3.63) is 59.1 Å². The number of hydrogen-bond acceptors (Lipinski definition) is 4. The summed E-state index contributed by atoms with van der Waals surface area (Å²) in [4.78, 5) is 23.5. The van der Waals surface area contributed by atoms with Crippen LogP contribution in [0.2, 0.25) is 5.02 Å². The van der Waals surface area contributed by atoms with Gasteiger partial charge in [-0.25, -0.2) is 0 Å². The lowest BCUT2D eigenvalue weighted by Crippen LogP contribution is -2.35. The van der Waals surface area contributed by atoms with E-state index in [0.29, 0.717) is 22.0 Å². The number of carbonyl (C=O) groups excluding carboxylic acids is 2. The Morgan fingerprint density at radius 3 is 2.50 bits per heavy atom. The first-order valence-corrected chi connectivity index (χ1v) is 7.40. The number of nitrogens with one attached hydrogen (secondary N) is 2. The fourth-order valence-corrected chi connectivity index (χ4v) is 1.92. The third-order valence-electron chi connectivity index (χ3n) is 2.95. The number of amides is 2. The lowest BCUT2D eigenvalue weighted by molar-refractivity contribution is -0.125. The van der Waals surface area contributed by atoms with Crippen LogP contribution in [-0.2, 0) is 9.59 Å². The Bertz CT molecular complexity index is 769. The zero-order chi connectivity index (χ0) is 17.4. The van der Waals surface area contributed by atoms with Crippen molar-refractivity contribution in [2.24, 2.45) is 0 Å². The van der Waals surface area contributed by atoms with E-state index in [9.17, 15) is 9.59 Å². The highest BCUT2D eigenvalue weighted by Gasteiger charge is 2.09. The SMILES string of the molecule is N#Cc1ccccc1NC(=O)CNC(=O)COc1ccc(Cl)cc1. The maximum absolute atomic E-state index is 11.8. The van der Waals surface area contributed by atoms with Crippen molar-refractivity contribution in [3.63, 3.8) is 0 Å². The molecule has 0 saturated carbocycles. The lowest BCUT2D eigenvalue weighted by Gasteiger charge is -2.09. The van der Waals surface area contributed by atoms with Crippen LogP contribution in [0.3, 0.4) is 0 Å². The summed E-state index contributed by atoms with van der Waals surface area (Å²) in [6.07, 6.45) is 0. The molecule has 7 heteroatoms. The number of nitrogens with zero attached hydrogens (tertiary/aromatic N) is 1. The van der Waals surface area contributed by atoms with Gasteiger partial charge in [0.1, 0.15) is 11.8 Å². The molecule has 0 aliphatic heterocycles. The van der Waals surface area contributed by atoms with Crippen LogP contribution in [0.4, 0.5) is 5.69 Å². The highest BCUT2D eigenvalue weighted by Crippen LogP contribution is 2.15. The van der Waals surface area contributed by atoms with Gasteiger partial charge < -0.3 is 15.4 Å². The van der Waals surface area contributed by atoms with Crippen molar-refractivity contribution in [2.45, 2.75) is 0 Å². The summed E-state index contributed by atoms with van der Waals surface area (Å²) < 4.78 is 5.26. The normalized spacial score (nSPS) is 9.67. The zero-order valence-electron chi connectivity index (χ0n) is 12.6. The maximum atomic E-state index is 11.8. The van der Waals surface area contributed by atoms with Crippen molar-refractivity contribution < 1.29 is 14.3 Å². The molecule has 0 saturated heterocycles. The topological polar surface area (TPSA) is 91.2 Å². The van der Waals surface area contributed by atoms with E-state index in [4.69, 9.17) is 21.6 Å². The van der Waals surface area contributed by atoms with Gasteiger partial charge in [0.2, 0.25) is 5.91 Å². The smallest absolute Gasteiger partial charge is 0.258 e.